The Balaban J connectivity index is 1.37. The van der Waals surface area contributed by atoms with Gasteiger partial charge in [0.2, 0.25) is 5.89 Å². The lowest BCUT2D eigenvalue weighted by atomic mass is 10.1. The van der Waals surface area contributed by atoms with E-state index in [2.05, 4.69) is 52.0 Å². The molecule has 0 bridgehead atoms. The zero-order valence-corrected chi connectivity index (χ0v) is 14.6. The second-order valence-corrected chi connectivity index (χ2v) is 6.46. The summed E-state index contributed by atoms with van der Waals surface area (Å²) in [4.78, 5) is 4.81. The van der Waals surface area contributed by atoms with Crippen LogP contribution in [0.5, 0.6) is 0 Å². The summed E-state index contributed by atoms with van der Waals surface area (Å²) in [6, 6.07) is 10.2. The molecule has 0 unspecified atom stereocenters. The molecule has 6 heteroatoms. The Morgan fingerprint density at radius 1 is 1.00 bits per heavy atom. The molecule has 6 nitrogen and oxygen atoms in total. The summed E-state index contributed by atoms with van der Waals surface area (Å²) in [7, 11) is 0. The number of rotatable bonds is 4. The van der Waals surface area contributed by atoms with Crippen molar-refractivity contribution in [2.45, 2.75) is 20.4 Å². The number of hydrogen-bond donors (Lipinski definition) is 0. The van der Waals surface area contributed by atoms with E-state index in [1.54, 1.807) is 6.26 Å². The maximum absolute atomic E-state index is 5.71. The van der Waals surface area contributed by atoms with E-state index < -0.39 is 0 Å². The van der Waals surface area contributed by atoms with Crippen molar-refractivity contribution in [3.05, 3.63) is 53.6 Å². The fourth-order valence-corrected chi connectivity index (χ4v) is 3.23. The largest absolute Gasteiger partial charge is 0.459 e. The second kappa shape index (κ2) is 6.72. The minimum Gasteiger partial charge on any atom is -0.459 e. The molecule has 0 saturated carbocycles. The molecule has 1 aliphatic rings. The van der Waals surface area contributed by atoms with E-state index in [4.69, 9.17) is 8.83 Å². The lowest BCUT2D eigenvalue weighted by Gasteiger charge is -2.36. The average Bonchev–Trinajstić information content (AvgIpc) is 3.30. The summed E-state index contributed by atoms with van der Waals surface area (Å²) >= 11 is 0. The first kappa shape index (κ1) is 15.9. The van der Waals surface area contributed by atoms with Crippen LogP contribution in [0.15, 0.2) is 45.4 Å². The van der Waals surface area contributed by atoms with Gasteiger partial charge in [-0.05, 0) is 43.2 Å². The van der Waals surface area contributed by atoms with Crippen molar-refractivity contribution >= 4 is 5.69 Å². The van der Waals surface area contributed by atoms with E-state index in [0.29, 0.717) is 24.1 Å². The van der Waals surface area contributed by atoms with Crippen molar-refractivity contribution in [3.8, 4) is 11.7 Å². The molecule has 1 aromatic carbocycles. The lowest BCUT2D eigenvalue weighted by Crippen LogP contribution is -2.46. The van der Waals surface area contributed by atoms with Crippen molar-refractivity contribution in [1.82, 2.24) is 15.1 Å². The summed E-state index contributed by atoms with van der Waals surface area (Å²) < 4.78 is 11.0. The van der Waals surface area contributed by atoms with Gasteiger partial charge in [-0.2, -0.15) is 0 Å². The van der Waals surface area contributed by atoms with E-state index >= 15 is 0 Å². The van der Waals surface area contributed by atoms with Crippen molar-refractivity contribution < 1.29 is 8.83 Å². The maximum atomic E-state index is 5.71. The zero-order chi connectivity index (χ0) is 17.2. The molecule has 0 atom stereocenters. The van der Waals surface area contributed by atoms with Crippen molar-refractivity contribution in [2.24, 2.45) is 0 Å². The van der Waals surface area contributed by atoms with Gasteiger partial charge in [0.25, 0.3) is 5.89 Å². The fourth-order valence-electron chi connectivity index (χ4n) is 3.23. The molecule has 1 aliphatic heterocycles. The van der Waals surface area contributed by atoms with Crippen molar-refractivity contribution in [1.29, 1.82) is 0 Å². The van der Waals surface area contributed by atoms with Crippen molar-refractivity contribution in [2.75, 3.05) is 31.1 Å². The van der Waals surface area contributed by atoms with E-state index in [0.717, 1.165) is 26.2 Å². The summed E-state index contributed by atoms with van der Waals surface area (Å²) in [5, 5.41) is 8.20. The third kappa shape index (κ3) is 3.30. The molecule has 0 aliphatic carbocycles. The number of aromatic nitrogens is 2. The molecular formula is C19H22N4O2. The highest BCUT2D eigenvalue weighted by atomic mass is 16.4. The molecule has 1 fully saturated rings. The smallest absolute Gasteiger partial charge is 0.283 e. The lowest BCUT2D eigenvalue weighted by molar-refractivity contribution is 0.226. The molecular weight excluding hydrogens is 316 g/mol. The minimum atomic E-state index is 0.439. The number of nitrogens with zero attached hydrogens (tertiary/aromatic N) is 4. The van der Waals surface area contributed by atoms with Crippen LogP contribution in [0.25, 0.3) is 11.7 Å². The van der Waals surface area contributed by atoms with Crippen LogP contribution < -0.4 is 4.90 Å². The van der Waals surface area contributed by atoms with E-state index in [1.165, 1.54) is 16.8 Å². The molecule has 3 aromatic rings. The third-order valence-electron chi connectivity index (χ3n) is 4.85. The van der Waals surface area contributed by atoms with Gasteiger partial charge in [0.05, 0.1) is 12.8 Å². The normalized spacial score (nSPS) is 15.7. The molecule has 0 amide bonds. The van der Waals surface area contributed by atoms with Gasteiger partial charge in [0.1, 0.15) is 0 Å². The second-order valence-electron chi connectivity index (χ2n) is 6.46. The number of benzene rings is 1. The number of hydrogen-bond acceptors (Lipinski definition) is 6. The summed E-state index contributed by atoms with van der Waals surface area (Å²) in [6.45, 7) is 9.01. The van der Waals surface area contributed by atoms with E-state index in [-0.39, 0.29) is 0 Å². The molecule has 1 saturated heterocycles. The van der Waals surface area contributed by atoms with Crippen LogP contribution in [-0.4, -0.2) is 41.3 Å². The first-order chi connectivity index (χ1) is 12.2. The Bertz CT molecular complexity index is 833. The fraction of sp³-hybridized carbons (Fsp3) is 0.368. The first-order valence-corrected chi connectivity index (χ1v) is 8.60. The maximum Gasteiger partial charge on any atom is 0.283 e. The number of furan rings is 1. The summed E-state index contributed by atoms with van der Waals surface area (Å²) in [5.74, 6) is 1.68. The topological polar surface area (TPSA) is 58.5 Å². The SMILES string of the molecule is Cc1cccc(N2CCN(Cc3nnc(-c4ccco4)o3)CC2)c1C. The predicted molar refractivity (Wildman–Crippen MR) is 95.4 cm³/mol. The molecule has 0 spiro atoms. The van der Waals surface area contributed by atoms with Gasteiger partial charge in [-0.25, -0.2) is 0 Å². The molecule has 130 valence electrons. The van der Waals surface area contributed by atoms with Gasteiger partial charge in [-0.3, -0.25) is 4.90 Å². The quantitative estimate of drug-likeness (QED) is 0.728. The van der Waals surface area contributed by atoms with Crippen LogP contribution in [0.4, 0.5) is 5.69 Å². The van der Waals surface area contributed by atoms with Gasteiger partial charge in [0.15, 0.2) is 5.76 Å². The van der Waals surface area contributed by atoms with Gasteiger partial charge in [0, 0.05) is 31.9 Å². The van der Waals surface area contributed by atoms with Crippen LogP contribution in [0.3, 0.4) is 0 Å². The number of aryl methyl sites for hydroxylation is 1. The number of piperazine rings is 1. The van der Waals surface area contributed by atoms with E-state index in [1.807, 2.05) is 12.1 Å². The molecule has 2 aromatic heterocycles. The molecule has 0 radical (unpaired) electrons. The van der Waals surface area contributed by atoms with Crippen LogP contribution in [-0.2, 0) is 6.54 Å². The van der Waals surface area contributed by atoms with Gasteiger partial charge < -0.3 is 13.7 Å². The Kier molecular flexibility index (Phi) is 4.28. The Hall–Kier alpha value is -2.60. The molecule has 4 rings (SSSR count). The highest BCUT2D eigenvalue weighted by Crippen LogP contribution is 2.24. The van der Waals surface area contributed by atoms with Crippen molar-refractivity contribution in [3.63, 3.8) is 0 Å². The number of anilines is 1. The van der Waals surface area contributed by atoms with Crippen LogP contribution >= 0.6 is 0 Å². The average molecular weight is 338 g/mol. The van der Waals surface area contributed by atoms with Gasteiger partial charge in [-0.15, -0.1) is 10.2 Å². The van der Waals surface area contributed by atoms with Crippen LogP contribution in [0.2, 0.25) is 0 Å². The molecule has 0 N–H and O–H groups in total. The first-order valence-electron chi connectivity index (χ1n) is 8.60. The Morgan fingerprint density at radius 3 is 2.60 bits per heavy atom. The van der Waals surface area contributed by atoms with Gasteiger partial charge >= 0.3 is 0 Å². The van der Waals surface area contributed by atoms with Crippen LogP contribution in [0, 0.1) is 13.8 Å². The zero-order valence-electron chi connectivity index (χ0n) is 14.6. The Labute approximate surface area is 147 Å². The predicted octanol–water partition coefficient (Wildman–Crippen LogP) is 3.27. The third-order valence-corrected chi connectivity index (χ3v) is 4.85. The standard InChI is InChI=1S/C19H22N4O2/c1-14-5-3-6-16(15(14)2)23-10-8-22(9-11-23)13-18-20-21-19(25-18)17-7-4-12-24-17/h3-7,12H,8-11,13H2,1-2H3. The molecule has 3 heterocycles. The van der Waals surface area contributed by atoms with Gasteiger partial charge in [-0.1, -0.05) is 12.1 Å². The summed E-state index contributed by atoms with van der Waals surface area (Å²) in [6.07, 6.45) is 1.60. The van der Waals surface area contributed by atoms with Crippen LogP contribution in [0.1, 0.15) is 17.0 Å². The minimum absolute atomic E-state index is 0.439. The molecule has 25 heavy (non-hydrogen) atoms. The Morgan fingerprint density at radius 2 is 1.84 bits per heavy atom. The monoisotopic (exact) mass is 338 g/mol. The highest BCUT2D eigenvalue weighted by molar-refractivity contribution is 5.56. The summed E-state index contributed by atoms with van der Waals surface area (Å²) in [5.41, 5.74) is 4.06. The van der Waals surface area contributed by atoms with E-state index in [9.17, 15) is 0 Å². The highest BCUT2D eigenvalue weighted by Gasteiger charge is 2.21.